The van der Waals surface area contributed by atoms with Crippen molar-refractivity contribution in [1.29, 1.82) is 0 Å². The molecule has 0 aliphatic heterocycles. The highest BCUT2D eigenvalue weighted by Crippen LogP contribution is 2.12. The van der Waals surface area contributed by atoms with E-state index >= 15 is 0 Å². The van der Waals surface area contributed by atoms with Crippen molar-refractivity contribution >= 4 is 17.9 Å². The van der Waals surface area contributed by atoms with Crippen molar-refractivity contribution in [3.8, 4) is 0 Å². The zero-order chi connectivity index (χ0) is 46.5. The lowest BCUT2D eigenvalue weighted by Crippen LogP contribution is -2.30. The van der Waals surface area contributed by atoms with Crippen LogP contribution in [0.5, 0.6) is 0 Å². The van der Waals surface area contributed by atoms with E-state index in [1.807, 2.05) is 36.5 Å². The number of rotatable bonds is 44. The minimum Gasteiger partial charge on any atom is -0.462 e. The van der Waals surface area contributed by atoms with Gasteiger partial charge in [0.2, 0.25) is 0 Å². The summed E-state index contributed by atoms with van der Waals surface area (Å²) < 4.78 is 16.7. The van der Waals surface area contributed by atoms with Gasteiger partial charge in [-0.2, -0.15) is 0 Å². The van der Waals surface area contributed by atoms with Crippen LogP contribution < -0.4 is 0 Å². The first-order valence-electron chi connectivity index (χ1n) is 25.6. The second-order valence-corrected chi connectivity index (χ2v) is 16.4. The maximum atomic E-state index is 12.8. The first kappa shape index (κ1) is 59.8. The lowest BCUT2D eigenvalue weighted by Gasteiger charge is -2.18. The molecule has 0 fully saturated rings. The van der Waals surface area contributed by atoms with Gasteiger partial charge in [-0.3, -0.25) is 14.4 Å². The Hall–Kier alpha value is -4.19. The molecular formula is C58H92O6. The molecule has 0 heterocycles. The summed E-state index contributed by atoms with van der Waals surface area (Å²) in [6, 6.07) is 0. The number of unbranched alkanes of at least 4 members (excludes halogenated alkanes) is 16. The molecule has 360 valence electrons. The third-order valence-corrected chi connectivity index (χ3v) is 10.3. The Morgan fingerprint density at radius 3 is 1.22 bits per heavy atom. The van der Waals surface area contributed by atoms with Crippen LogP contribution in [0.2, 0.25) is 0 Å². The Kier molecular flexibility index (Phi) is 48.1. The summed E-state index contributed by atoms with van der Waals surface area (Å²) in [4.78, 5) is 37.9. The van der Waals surface area contributed by atoms with E-state index in [0.717, 1.165) is 103 Å². The van der Waals surface area contributed by atoms with Crippen LogP contribution in [0.4, 0.5) is 0 Å². The number of allylic oxidation sites excluding steroid dienone is 20. The maximum Gasteiger partial charge on any atom is 0.306 e. The molecule has 0 aromatic carbocycles. The minimum atomic E-state index is -0.824. The molecule has 6 nitrogen and oxygen atoms in total. The van der Waals surface area contributed by atoms with Crippen molar-refractivity contribution in [3.63, 3.8) is 0 Å². The van der Waals surface area contributed by atoms with Crippen LogP contribution in [0.15, 0.2) is 122 Å². The van der Waals surface area contributed by atoms with Crippen molar-refractivity contribution in [1.82, 2.24) is 0 Å². The SMILES string of the molecule is CC/C=C/C=C/C=C/C=C/CCCCCC(=O)OCC(COC(=O)CCC/C=C/C/C=C/C/C=C/CCCCCCCC)OC(=O)CCCCCCCC/C=C/C/C=C/C/C=C/CC. The quantitative estimate of drug-likeness (QED) is 0.0199. The predicted octanol–water partition coefficient (Wildman–Crippen LogP) is 16.9. The summed E-state index contributed by atoms with van der Waals surface area (Å²) >= 11 is 0. The standard InChI is InChI=1S/C58H92O6/c1-4-7-10-13-16-19-22-25-27-29-31-33-36-39-42-45-48-51-57(60)63-54-55(53-62-56(59)50-47-44-41-38-35-32-24-21-18-15-12-9-6-3)64-58(61)52-49-46-43-40-37-34-30-28-26-23-20-17-14-11-8-5-2/h8-9,11-12,15,17-18,20-21,24-28,31-33,35,39,42,55H,4-7,10,13-14,16,19,22-23,29-30,34,36-38,40-41,43-54H2,1-3H3/b11-8+,12-9+,18-15+,20-17+,24-21+,27-25+,28-26+,33-31+,35-32+,42-39+. The second kappa shape index (κ2) is 51.4. The number of carbonyl (C=O) groups is 3. The third-order valence-electron chi connectivity index (χ3n) is 10.3. The molecule has 0 radical (unpaired) electrons. The Morgan fingerprint density at radius 2 is 0.703 bits per heavy atom. The molecule has 0 aromatic rings. The first-order valence-corrected chi connectivity index (χ1v) is 25.6. The highest BCUT2D eigenvalue weighted by Gasteiger charge is 2.19. The number of ether oxygens (including phenoxy) is 3. The van der Waals surface area contributed by atoms with Gasteiger partial charge in [0, 0.05) is 19.3 Å². The van der Waals surface area contributed by atoms with E-state index in [1.165, 1.54) is 57.8 Å². The van der Waals surface area contributed by atoms with Crippen molar-refractivity contribution < 1.29 is 28.6 Å². The monoisotopic (exact) mass is 885 g/mol. The molecule has 0 aliphatic carbocycles. The number of hydrogen-bond donors (Lipinski definition) is 0. The number of carbonyl (C=O) groups excluding carboxylic acids is 3. The summed E-state index contributed by atoms with van der Waals surface area (Å²) in [5, 5.41) is 0. The summed E-state index contributed by atoms with van der Waals surface area (Å²) in [7, 11) is 0. The highest BCUT2D eigenvalue weighted by atomic mass is 16.6. The lowest BCUT2D eigenvalue weighted by atomic mass is 10.1. The Labute approximate surface area is 392 Å². The van der Waals surface area contributed by atoms with Gasteiger partial charge < -0.3 is 14.2 Å². The van der Waals surface area contributed by atoms with Gasteiger partial charge >= 0.3 is 17.9 Å². The molecule has 1 atom stereocenters. The van der Waals surface area contributed by atoms with Gasteiger partial charge in [0.15, 0.2) is 6.10 Å². The topological polar surface area (TPSA) is 78.9 Å². The fraction of sp³-hybridized carbons (Fsp3) is 0.603. The number of hydrogen-bond acceptors (Lipinski definition) is 6. The smallest absolute Gasteiger partial charge is 0.306 e. The average molecular weight is 885 g/mol. The molecule has 64 heavy (non-hydrogen) atoms. The van der Waals surface area contributed by atoms with Crippen molar-refractivity contribution in [2.75, 3.05) is 13.2 Å². The molecule has 0 amide bonds. The number of esters is 3. The van der Waals surface area contributed by atoms with Crippen molar-refractivity contribution in [2.24, 2.45) is 0 Å². The van der Waals surface area contributed by atoms with E-state index < -0.39 is 6.10 Å². The molecule has 0 saturated heterocycles. The maximum absolute atomic E-state index is 12.8. The first-order chi connectivity index (χ1) is 31.5. The minimum absolute atomic E-state index is 0.123. The van der Waals surface area contributed by atoms with Crippen LogP contribution >= 0.6 is 0 Å². The molecular weight excluding hydrogens is 793 g/mol. The van der Waals surface area contributed by atoms with Gasteiger partial charge in [-0.25, -0.2) is 0 Å². The fourth-order valence-electron chi connectivity index (χ4n) is 6.48. The van der Waals surface area contributed by atoms with E-state index in [1.54, 1.807) is 0 Å². The Bertz CT molecular complexity index is 1390. The van der Waals surface area contributed by atoms with Gasteiger partial charge in [0.25, 0.3) is 0 Å². The van der Waals surface area contributed by atoms with Gasteiger partial charge in [0.05, 0.1) is 0 Å². The predicted molar refractivity (Wildman–Crippen MR) is 274 cm³/mol. The summed E-state index contributed by atoms with van der Waals surface area (Å²) in [5.41, 5.74) is 0. The van der Waals surface area contributed by atoms with E-state index in [9.17, 15) is 14.4 Å². The Morgan fingerprint density at radius 1 is 0.344 bits per heavy atom. The van der Waals surface area contributed by atoms with Gasteiger partial charge in [0.1, 0.15) is 13.2 Å². The molecule has 0 spiro atoms. The summed E-state index contributed by atoms with van der Waals surface area (Å²) in [5.74, 6) is -1.03. The van der Waals surface area contributed by atoms with E-state index in [-0.39, 0.29) is 44.0 Å². The van der Waals surface area contributed by atoms with E-state index in [0.29, 0.717) is 12.8 Å². The zero-order valence-electron chi connectivity index (χ0n) is 41.0. The molecule has 0 rings (SSSR count). The molecule has 0 N–H and O–H groups in total. The largest absolute Gasteiger partial charge is 0.462 e. The van der Waals surface area contributed by atoms with Crippen LogP contribution in [-0.2, 0) is 28.6 Å². The lowest BCUT2D eigenvalue weighted by molar-refractivity contribution is -0.167. The second-order valence-electron chi connectivity index (χ2n) is 16.4. The normalized spacial score (nSPS) is 13.1. The van der Waals surface area contributed by atoms with Gasteiger partial charge in [-0.15, -0.1) is 0 Å². The van der Waals surface area contributed by atoms with Crippen molar-refractivity contribution in [3.05, 3.63) is 122 Å². The fourth-order valence-corrected chi connectivity index (χ4v) is 6.48. The third kappa shape index (κ3) is 48.8. The molecule has 0 saturated carbocycles. The van der Waals surface area contributed by atoms with E-state index in [4.69, 9.17) is 14.2 Å². The molecule has 0 aromatic heterocycles. The van der Waals surface area contributed by atoms with Crippen molar-refractivity contribution in [2.45, 2.75) is 213 Å². The molecule has 1 unspecified atom stereocenters. The molecule has 6 heteroatoms. The average Bonchev–Trinajstić information content (AvgIpc) is 3.29. The van der Waals surface area contributed by atoms with Crippen LogP contribution in [-0.4, -0.2) is 37.2 Å². The van der Waals surface area contributed by atoms with Crippen LogP contribution in [0.1, 0.15) is 207 Å². The molecule has 0 bridgehead atoms. The van der Waals surface area contributed by atoms with E-state index in [2.05, 4.69) is 106 Å². The summed E-state index contributed by atoms with van der Waals surface area (Å²) in [6.07, 6.45) is 70.5. The van der Waals surface area contributed by atoms with Crippen LogP contribution in [0.25, 0.3) is 0 Å². The van der Waals surface area contributed by atoms with Gasteiger partial charge in [-0.05, 0) is 103 Å². The highest BCUT2D eigenvalue weighted by molar-refractivity contribution is 5.71. The van der Waals surface area contributed by atoms with Crippen LogP contribution in [0.3, 0.4) is 0 Å². The summed E-state index contributed by atoms with van der Waals surface area (Å²) in [6.45, 7) is 6.27. The zero-order valence-corrected chi connectivity index (χ0v) is 41.0. The molecule has 0 aliphatic rings. The van der Waals surface area contributed by atoms with Gasteiger partial charge in [-0.1, -0.05) is 206 Å². The van der Waals surface area contributed by atoms with Crippen LogP contribution in [0, 0.1) is 0 Å². The Balaban J connectivity index is 4.56.